The molecule has 0 radical (unpaired) electrons. The molecule has 0 saturated heterocycles. The number of carbonyl (C=O) groups excluding carboxylic acids is 2. The monoisotopic (exact) mass is 344 g/mol. The van der Waals surface area contributed by atoms with Crippen molar-refractivity contribution in [1.29, 1.82) is 0 Å². The fraction of sp³-hybridized carbons (Fsp3) is 0.263. The maximum Gasteiger partial charge on any atom is 0.224 e. The van der Waals surface area contributed by atoms with Crippen molar-refractivity contribution < 1.29 is 9.59 Å². The van der Waals surface area contributed by atoms with Crippen LogP contribution in [0.4, 0.5) is 0 Å². The molecular formula is C19H21ClN2O2. The molecule has 5 heteroatoms. The first kappa shape index (κ1) is 18.0. The van der Waals surface area contributed by atoms with Crippen molar-refractivity contribution in [2.75, 3.05) is 13.1 Å². The number of aryl methyl sites for hydroxylation is 1. The van der Waals surface area contributed by atoms with Crippen LogP contribution in [0.1, 0.15) is 17.5 Å². The molecule has 2 amide bonds. The average Bonchev–Trinajstić information content (AvgIpc) is 2.60. The maximum absolute atomic E-state index is 11.8. The summed E-state index contributed by atoms with van der Waals surface area (Å²) >= 11 is 5.80. The largest absolute Gasteiger partial charge is 0.354 e. The van der Waals surface area contributed by atoms with E-state index in [1.165, 1.54) is 0 Å². The summed E-state index contributed by atoms with van der Waals surface area (Å²) in [4.78, 5) is 23.5. The molecule has 2 aromatic rings. The van der Waals surface area contributed by atoms with Gasteiger partial charge in [0, 0.05) is 24.5 Å². The molecule has 2 rings (SSSR count). The van der Waals surface area contributed by atoms with Gasteiger partial charge in [-0.2, -0.15) is 0 Å². The minimum absolute atomic E-state index is 0.00852. The molecule has 0 aliphatic carbocycles. The Morgan fingerprint density at radius 2 is 1.42 bits per heavy atom. The summed E-state index contributed by atoms with van der Waals surface area (Å²) in [6, 6.07) is 17.1. The van der Waals surface area contributed by atoms with Gasteiger partial charge < -0.3 is 10.6 Å². The highest BCUT2D eigenvalue weighted by Gasteiger charge is 2.04. The molecule has 0 aliphatic rings. The third-order valence-corrected chi connectivity index (χ3v) is 3.78. The van der Waals surface area contributed by atoms with E-state index >= 15 is 0 Å². The zero-order valence-electron chi connectivity index (χ0n) is 13.4. The number of amides is 2. The summed E-state index contributed by atoms with van der Waals surface area (Å²) in [5, 5.41) is 6.25. The summed E-state index contributed by atoms with van der Waals surface area (Å²) in [6.45, 7) is 0.851. The molecule has 0 spiro atoms. The van der Waals surface area contributed by atoms with Gasteiger partial charge in [0.15, 0.2) is 0 Å². The van der Waals surface area contributed by atoms with E-state index in [9.17, 15) is 9.59 Å². The Kier molecular flexibility index (Phi) is 7.30. The molecule has 4 nitrogen and oxygen atoms in total. The summed E-state index contributed by atoms with van der Waals surface area (Å²) in [7, 11) is 0. The van der Waals surface area contributed by atoms with E-state index in [2.05, 4.69) is 10.6 Å². The van der Waals surface area contributed by atoms with Gasteiger partial charge in [-0.3, -0.25) is 9.59 Å². The van der Waals surface area contributed by atoms with E-state index < -0.39 is 0 Å². The van der Waals surface area contributed by atoms with E-state index in [0.717, 1.165) is 17.5 Å². The average molecular weight is 345 g/mol. The van der Waals surface area contributed by atoms with E-state index in [0.29, 0.717) is 31.0 Å². The van der Waals surface area contributed by atoms with Crippen molar-refractivity contribution in [3.05, 3.63) is 70.7 Å². The Balaban J connectivity index is 1.57. The second kappa shape index (κ2) is 9.73. The predicted octanol–water partition coefficient (Wildman–Crippen LogP) is 2.75. The van der Waals surface area contributed by atoms with E-state index in [-0.39, 0.29) is 11.8 Å². The highest BCUT2D eigenvalue weighted by atomic mass is 35.5. The molecule has 0 aromatic heterocycles. The lowest BCUT2D eigenvalue weighted by atomic mass is 10.1. The Hall–Kier alpha value is -2.33. The van der Waals surface area contributed by atoms with Crippen molar-refractivity contribution >= 4 is 23.4 Å². The minimum atomic E-state index is -0.0733. The van der Waals surface area contributed by atoms with Gasteiger partial charge in [0.25, 0.3) is 0 Å². The SMILES string of the molecule is O=C(CCc1ccccc1)NCCNC(=O)Cc1ccc(Cl)cc1. The van der Waals surface area contributed by atoms with Gasteiger partial charge in [-0.1, -0.05) is 54.1 Å². The van der Waals surface area contributed by atoms with Crippen LogP contribution in [-0.2, 0) is 22.4 Å². The quantitative estimate of drug-likeness (QED) is 0.723. The van der Waals surface area contributed by atoms with Gasteiger partial charge in [0.1, 0.15) is 0 Å². The standard InChI is InChI=1S/C19H21ClN2O2/c20-17-9-6-16(7-10-17)14-19(24)22-13-12-21-18(23)11-8-15-4-2-1-3-5-15/h1-7,9-10H,8,11-14H2,(H,21,23)(H,22,24). The molecule has 0 saturated carbocycles. The Morgan fingerprint density at radius 3 is 2.08 bits per heavy atom. The zero-order valence-corrected chi connectivity index (χ0v) is 14.2. The van der Waals surface area contributed by atoms with Crippen molar-refractivity contribution in [3.8, 4) is 0 Å². The molecule has 0 bridgehead atoms. The Morgan fingerprint density at radius 1 is 0.792 bits per heavy atom. The molecular weight excluding hydrogens is 324 g/mol. The summed E-state index contributed by atoms with van der Waals surface area (Å²) in [5.41, 5.74) is 2.05. The van der Waals surface area contributed by atoms with Crippen LogP contribution in [0.5, 0.6) is 0 Å². The van der Waals surface area contributed by atoms with Crippen LogP contribution >= 0.6 is 11.6 Å². The number of rotatable bonds is 8. The summed E-state index contributed by atoms with van der Waals surface area (Å²) in [6.07, 6.45) is 1.47. The molecule has 24 heavy (non-hydrogen) atoms. The highest BCUT2D eigenvalue weighted by molar-refractivity contribution is 6.30. The first-order valence-corrected chi connectivity index (χ1v) is 8.33. The number of nitrogens with one attached hydrogen (secondary N) is 2. The molecule has 0 atom stereocenters. The number of benzene rings is 2. The first-order chi connectivity index (χ1) is 11.6. The van der Waals surface area contributed by atoms with Crippen LogP contribution in [0.2, 0.25) is 5.02 Å². The normalized spacial score (nSPS) is 10.2. The van der Waals surface area contributed by atoms with Crippen LogP contribution in [0.3, 0.4) is 0 Å². The van der Waals surface area contributed by atoms with E-state index in [1.54, 1.807) is 12.1 Å². The molecule has 0 aliphatic heterocycles. The number of halogens is 1. The second-order valence-electron chi connectivity index (χ2n) is 5.49. The van der Waals surface area contributed by atoms with Crippen molar-refractivity contribution in [2.45, 2.75) is 19.3 Å². The minimum Gasteiger partial charge on any atom is -0.354 e. The third kappa shape index (κ3) is 6.84. The fourth-order valence-corrected chi connectivity index (χ4v) is 2.37. The molecule has 2 aromatic carbocycles. The highest BCUT2D eigenvalue weighted by Crippen LogP contribution is 2.09. The van der Waals surface area contributed by atoms with E-state index in [4.69, 9.17) is 11.6 Å². The van der Waals surface area contributed by atoms with Gasteiger partial charge in [-0.15, -0.1) is 0 Å². The predicted molar refractivity (Wildman–Crippen MR) is 95.9 cm³/mol. The maximum atomic E-state index is 11.8. The fourth-order valence-electron chi connectivity index (χ4n) is 2.24. The van der Waals surface area contributed by atoms with Crippen LogP contribution in [0.25, 0.3) is 0 Å². The number of hydrogen-bond acceptors (Lipinski definition) is 2. The van der Waals surface area contributed by atoms with Crippen LogP contribution < -0.4 is 10.6 Å². The van der Waals surface area contributed by atoms with Crippen LogP contribution in [0, 0.1) is 0 Å². The smallest absolute Gasteiger partial charge is 0.224 e. The van der Waals surface area contributed by atoms with Crippen molar-refractivity contribution in [2.24, 2.45) is 0 Å². The summed E-state index contributed by atoms with van der Waals surface area (Å²) in [5.74, 6) is -0.0818. The van der Waals surface area contributed by atoms with Gasteiger partial charge in [0.05, 0.1) is 6.42 Å². The van der Waals surface area contributed by atoms with Crippen LogP contribution in [-0.4, -0.2) is 24.9 Å². The lowest BCUT2D eigenvalue weighted by molar-refractivity contribution is -0.122. The number of carbonyl (C=O) groups is 2. The lowest BCUT2D eigenvalue weighted by Gasteiger charge is -2.07. The van der Waals surface area contributed by atoms with Gasteiger partial charge >= 0.3 is 0 Å². The van der Waals surface area contributed by atoms with Crippen molar-refractivity contribution in [3.63, 3.8) is 0 Å². The van der Waals surface area contributed by atoms with E-state index in [1.807, 2.05) is 42.5 Å². The molecule has 126 valence electrons. The summed E-state index contributed by atoms with van der Waals surface area (Å²) < 4.78 is 0. The zero-order chi connectivity index (χ0) is 17.2. The lowest BCUT2D eigenvalue weighted by Crippen LogP contribution is -2.35. The Labute approximate surface area is 147 Å². The third-order valence-electron chi connectivity index (χ3n) is 3.53. The van der Waals surface area contributed by atoms with Gasteiger partial charge in [0.2, 0.25) is 11.8 Å². The number of hydrogen-bond donors (Lipinski definition) is 2. The molecule has 0 fully saturated rings. The first-order valence-electron chi connectivity index (χ1n) is 7.95. The molecule has 0 unspecified atom stereocenters. The van der Waals surface area contributed by atoms with Gasteiger partial charge in [-0.25, -0.2) is 0 Å². The van der Waals surface area contributed by atoms with Gasteiger partial charge in [-0.05, 0) is 29.7 Å². The topological polar surface area (TPSA) is 58.2 Å². The molecule has 2 N–H and O–H groups in total. The molecule has 0 heterocycles. The van der Waals surface area contributed by atoms with Crippen molar-refractivity contribution in [1.82, 2.24) is 10.6 Å². The second-order valence-corrected chi connectivity index (χ2v) is 5.93. The van der Waals surface area contributed by atoms with Crippen LogP contribution in [0.15, 0.2) is 54.6 Å². The Bertz CT molecular complexity index is 657.